The fraction of sp³-hybridized carbons (Fsp3) is 0.714. The average molecular weight is 344 g/mol. The van der Waals surface area contributed by atoms with Crippen LogP contribution in [0, 0.1) is 6.92 Å². The molecule has 1 aliphatic rings. The van der Waals surface area contributed by atoms with Gasteiger partial charge >= 0.3 is 6.09 Å². The van der Waals surface area contributed by atoms with E-state index in [-0.39, 0.29) is 6.09 Å². The topological polar surface area (TPSA) is 47.4 Å². The SMILES string of the molecule is Cc1nn(C)c(CN(C(=O)OC(C)(C)C)C2CC2)c1Br. The van der Waals surface area contributed by atoms with Crippen LogP contribution >= 0.6 is 15.9 Å². The molecule has 0 bridgehead atoms. The highest BCUT2D eigenvalue weighted by atomic mass is 79.9. The smallest absolute Gasteiger partial charge is 0.410 e. The first-order chi connectivity index (χ1) is 9.19. The Kier molecular flexibility index (Phi) is 4.14. The van der Waals surface area contributed by atoms with E-state index in [0.29, 0.717) is 12.6 Å². The van der Waals surface area contributed by atoms with Gasteiger partial charge in [0.25, 0.3) is 0 Å². The minimum atomic E-state index is -0.468. The average Bonchev–Trinajstić information content (AvgIpc) is 3.07. The number of rotatable bonds is 3. The van der Waals surface area contributed by atoms with Crippen molar-refractivity contribution in [3.63, 3.8) is 0 Å². The highest BCUT2D eigenvalue weighted by Gasteiger charge is 2.36. The molecule has 6 heteroatoms. The van der Waals surface area contributed by atoms with E-state index in [4.69, 9.17) is 4.74 Å². The van der Waals surface area contributed by atoms with Crippen molar-refractivity contribution >= 4 is 22.0 Å². The van der Waals surface area contributed by atoms with Crippen LogP contribution in [0.4, 0.5) is 4.79 Å². The maximum Gasteiger partial charge on any atom is 0.410 e. The molecule has 0 unspecified atom stereocenters. The van der Waals surface area contributed by atoms with E-state index in [1.165, 1.54) is 0 Å². The molecule has 1 amide bonds. The molecule has 0 atom stereocenters. The molecule has 1 fully saturated rings. The van der Waals surface area contributed by atoms with Gasteiger partial charge in [0.2, 0.25) is 0 Å². The summed E-state index contributed by atoms with van der Waals surface area (Å²) < 4.78 is 8.29. The molecule has 0 N–H and O–H groups in total. The summed E-state index contributed by atoms with van der Waals surface area (Å²) in [4.78, 5) is 14.1. The normalized spacial score (nSPS) is 15.3. The second-order valence-corrected chi connectivity index (χ2v) is 7.10. The van der Waals surface area contributed by atoms with Gasteiger partial charge in [0.1, 0.15) is 5.60 Å². The van der Waals surface area contributed by atoms with Gasteiger partial charge in [-0.2, -0.15) is 5.10 Å². The van der Waals surface area contributed by atoms with Crippen molar-refractivity contribution in [1.82, 2.24) is 14.7 Å². The summed E-state index contributed by atoms with van der Waals surface area (Å²) in [5, 5.41) is 4.37. The lowest BCUT2D eigenvalue weighted by atomic mass is 10.2. The van der Waals surface area contributed by atoms with E-state index in [2.05, 4.69) is 21.0 Å². The Balaban J connectivity index is 2.16. The number of aryl methyl sites for hydroxylation is 2. The van der Waals surface area contributed by atoms with Crippen molar-refractivity contribution < 1.29 is 9.53 Å². The second-order valence-electron chi connectivity index (χ2n) is 6.31. The number of ether oxygens (including phenoxy) is 1. The molecule has 20 heavy (non-hydrogen) atoms. The molecule has 0 spiro atoms. The van der Waals surface area contributed by atoms with Gasteiger partial charge in [0.15, 0.2) is 0 Å². The lowest BCUT2D eigenvalue weighted by Crippen LogP contribution is -2.38. The zero-order valence-corrected chi connectivity index (χ0v) is 14.3. The van der Waals surface area contributed by atoms with Crippen LogP contribution in [0.15, 0.2) is 4.47 Å². The van der Waals surface area contributed by atoms with Crippen molar-refractivity contribution in [3.8, 4) is 0 Å². The maximum atomic E-state index is 12.3. The number of amides is 1. The monoisotopic (exact) mass is 343 g/mol. The fourth-order valence-electron chi connectivity index (χ4n) is 2.06. The molecule has 2 rings (SSSR count). The van der Waals surface area contributed by atoms with Gasteiger partial charge in [0.05, 0.1) is 22.4 Å². The van der Waals surface area contributed by atoms with Gasteiger partial charge in [-0.05, 0) is 56.5 Å². The van der Waals surface area contributed by atoms with Gasteiger partial charge in [-0.1, -0.05) is 0 Å². The van der Waals surface area contributed by atoms with Gasteiger partial charge < -0.3 is 4.74 Å². The number of carbonyl (C=O) groups excluding carboxylic acids is 1. The Morgan fingerprint density at radius 2 is 2.10 bits per heavy atom. The lowest BCUT2D eigenvalue weighted by Gasteiger charge is -2.27. The third-order valence-electron chi connectivity index (χ3n) is 3.20. The van der Waals surface area contributed by atoms with E-state index in [0.717, 1.165) is 28.7 Å². The molecule has 0 saturated heterocycles. The summed E-state index contributed by atoms with van der Waals surface area (Å²) in [6.07, 6.45) is 1.85. The Morgan fingerprint density at radius 1 is 1.50 bits per heavy atom. The number of nitrogens with zero attached hydrogens (tertiary/aromatic N) is 3. The Morgan fingerprint density at radius 3 is 2.50 bits per heavy atom. The molecule has 1 saturated carbocycles. The minimum absolute atomic E-state index is 0.245. The molecular formula is C14H22BrN3O2. The molecule has 0 aromatic carbocycles. The van der Waals surface area contributed by atoms with Crippen LogP contribution in [0.5, 0.6) is 0 Å². The fourth-order valence-corrected chi connectivity index (χ4v) is 2.52. The number of halogens is 1. The number of hydrogen-bond donors (Lipinski definition) is 0. The first kappa shape index (κ1) is 15.4. The van der Waals surface area contributed by atoms with E-state index >= 15 is 0 Å². The van der Waals surface area contributed by atoms with Crippen LogP contribution in [-0.2, 0) is 18.3 Å². The van der Waals surface area contributed by atoms with Gasteiger partial charge in [-0.3, -0.25) is 9.58 Å². The first-order valence-electron chi connectivity index (χ1n) is 6.86. The first-order valence-corrected chi connectivity index (χ1v) is 7.66. The lowest BCUT2D eigenvalue weighted by molar-refractivity contribution is 0.0212. The highest BCUT2D eigenvalue weighted by Crippen LogP contribution is 2.31. The van der Waals surface area contributed by atoms with Gasteiger partial charge in [-0.15, -0.1) is 0 Å². The highest BCUT2D eigenvalue weighted by molar-refractivity contribution is 9.10. The number of aromatic nitrogens is 2. The van der Waals surface area contributed by atoms with Crippen LogP contribution in [0.25, 0.3) is 0 Å². The van der Waals surface area contributed by atoms with Crippen molar-refractivity contribution in [3.05, 3.63) is 15.9 Å². The maximum absolute atomic E-state index is 12.3. The third-order valence-corrected chi connectivity index (χ3v) is 4.23. The van der Waals surface area contributed by atoms with E-state index in [1.54, 1.807) is 0 Å². The van der Waals surface area contributed by atoms with Gasteiger partial charge in [0, 0.05) is 13.1 Å². The summed E-state index contributed by atoms with van der Waals surface area (Å²) in [5.41, 5.74) is 1.46. The van der Waals surface area contributed by atoms with Gasteiger partial charge in [-0.25, -0.2) is 4.79 Å². The van der Waals surface area contributed by atoms with E-state index in [1.807, 2.05) is 44.3 Å². The molecule has 1 aromatic heterocycles. The quantitative estimate of drug-likeness (QED) is 0.844. The molecule has 0 radical (unpaired) electrons. The molecular weight excluding hydrogens is 322 g/mol. The Hall–Kier alpha value is -1.04. The summed E-state index contributed by atoms with van der Waals surface area (Å²) in [5.74, 6) is 0. The molecule has 112 valence electrons. The number of hydrogen-bond acceptors (Lipinski definition) is 3. The molecule has 0 aliphatic heterocycles. The van der Waals surface area contributed by atoms with Crippen LogP contribution in [0.3, 0.4) is 0 Å². The summed E-state index contributed by atoms with van der Waals surface area (Å²) in [6.45, 7) is 8.14. The predicted octanol–water partition coefficient (Wildman–Crippen LogP) is 3.39. The molecule has 5 nitrogen and oxygen atoms in total. The zero-order chi connectivity index (χ0) is 15.1. The van der Waals surface area contributed by atoms with Crippen molar-refractivity contribution in [2.24, 2.45) is 7.05 Å². The van der Waals surface area contributed by atoms with Crippen LogP contribution < -0.4 is 0 Å². The Bertz CT molecular complexity index is 515. The van der Waals surface area contributed by atoms with Crippen molar-refractivity contribution in [2.45, 2.75) is 58.7 Å². The van der Waals surface area contributed by atoms with Crippen molar-refractivity contribution in [2.75, 3.05) is 0 Å². The summed E-state index contributed by atoms with van der Waals surface area (Å²) >= 11 is 3.55. The third kappa shape index (κ3) is 3.53. The molecule has 1 aromatic rings. The molecule has 1 aliphatic carbocycles. The van der Waals surface area contributed by atoms with Crippen molar-refractivity contribution in [1.29, 1.82) is 0 Å². The van der Waals surface area contributed by atoms with E-state index in [9.17, 15) is 4.79 Å². The second kappa shape index (κ2) is 5.39. The van der Waals surface area contributed by atoms with Crippen LogP contribution in [0.1, 0.15) is 45.0 Å². The summed E-state index contributed by atoms with van der Waals surface area (Å²) in [7, 11) is 1.90. The summed E-state index contributed by atoms with van der Waals surface area (Å²) in [6, 6.07) is 0.298. The van der Waals surface area contributed by atoms with E-state index < -0.39 is 5.60 Å². The molecule has 1 heterocycles. The predicted molar refractivity (Wildman–Crippen MR) is 80.4 cm³/mol. The largest absolute Gasteiger partial charge is 0.444 e. The number of carbonyl (C=O) groups is 1. The Labute approximate surface area is 128 Å². The zero-order valence-electron chi connectivity index (χ0n) is 12.7. The van der Waals surface area contributed by atoms with Crippen LogP contribution in [-0.4, -0.2) is 32.4 Å². The minimum Gasteiger partial charge on any atom is -0.444 e. The standard InChI is InChI=1S/C14H22BrN3O2/c1-9-12(15)11(17(5)16-9)8-18(10-6-7-10)13(19)20-14(2,3)4/h10H,6-8H2,1-5H3. The van der Waals surface area contributed by atoms with Crippen LogP contribution in [0.2, 0.25) is 0 Å².